The fourth-order valence-electron chi connectivity index (χ4n) is 2.58. The van der Waals surface area contributed by atoms with Crippen molar-refractivity contribution in [3.63, 3.8) is 0 Å². The number of amides is 2. The molecule has 0 spiro atoms. The van der Waals surface area contributed by atoms with Crippen molar-refractivity contribution in [3.05, 3.63) is 35.6 Å². The Morgan fingerprint density at radius 3 is 2.74 bits per heavy atom. The Kier molecular flexibility index (Phi) is 6.34. The molecule has 0 unspecified atom stereocenters. The van der Waals surface area contributed by atoms with Crippen LogP contribution in [0.3, 0.4) is 0 Å². The lowest BCUT2D eigenvalue weighted by molar-refractivity contribution is -0.130. The first kappa shape index (κ1) is 17.2. The second-order valence-electron chi connectivity index (χ2n) is 5.45. The van der Waals surface area contributed by atoms with Crippen LogP contribution in [0.4, 0.5) is 9.18 Å². The van der Waals surface area contributed by atoms with E-state index in [9.17, 15) is 14.0 Å². The van der Waals surface area contributed by atoms with Gasteiger partial charge in [-0.1, -0.05) is 18.2 Å². The Bertz CT molecular complexity index is 553. The topological polar surface area (TPSA) is 61.9 Å². The number of alkyl carbamates (subject to hydrolysis) is 1. The number of carbonyl (C=O) groups excluding carboxylic acids is 2. The van der Waals surface area contributed by atoms with Gasteiger partial charge in [0.05, 0.1) is 7.11 Å². The molecule has 1 N–H and O–H groups in total. The first-order valence-electron chi connectivity index (χ1n) is 7.65. The van der Waals surface area contributed by atoms with Crippen LogP contribution < -0.4 is 5.32 Å². The summed E-state index contributed by atoms with van der Waals surface area (Å²) in [6.45, 7) is 3.15. The molecule has 1 aliphatic rings. The van der Waals surface area contributed by atoms with Crippen LogP contribution >= 0.6 is 0 Å². The van der Waals surface area contributed by atoms with Crippen molar-refractivity contribution in [2.24, 2.45) is 0 Å². The fourth-order valence-corrected chi connectivity index (χ4v) is 2.58. The van der Waals surface area contributed by atoms with E-state index in [1.54, 1.807) is 17.0 Å². The van der Waals surface area contributed by atoms with Crippen LogP contribution in [0.2, 0.25) is 0 Å². The summed E-state index contributed by atoms with van der Waals surface area (Å²) in [7, 11) is 1.26. The van der Waals surface area contributed by atoms with E-state index in [0.29, 0.717) is 31.7 Å². The summed E-state index contributed by atoms with van der Waals surface area (Å²) < 4.78 is 18.2. The summed E-state index contributed by atoms with van der Waals surface area (Å²) in [6, 6.07) is 6.74. The number of nitrogens with one attached hydrogen (secondary N) is 1. The van der Waals surface area contributed by atoms with E-state index in [4.69, 9.17) is 0 Å². The summed E-state index contributed by atoms with van der Waals surface area (Å²) in [5, 5.41) is 2.39. The van der Waals surface area contributed by atoms with Gasteiger partial charge < -0.3 is 15.0 Å². The van der Waals surface area contributed by atoms with Crippen LogP contribution in [0.1, 0.15) is 12.0 Å². The molecule has 6 nitrogen and oxygen atoms in total. The molecular formula is C16H22FN3O3. The molecule has 1 aliphatic heterocycles. The molecule has 0 bridgehead atoms. The smallest absolute Gasteiger partial charge is 0.407 e. The van der Waals surface area contributed by atoms with E-state index in [1.807, 2.05) is 6.07 Å². The number of rotatable bonds is 4. The maximum atomic E-state index is 13.7. The molecule has 1 saturated heterocycles. The second kappa shape index (κ2) is 8.47. The van der Waals surface area contributed by atoms with Crippen molar-refractivity contribution in [2.45, 2.75) is 13.0 Å². The van der Waals surface area contributed by atoms with Crippen LogP contribution in [0, 0.1) is 5.82 Å². The summed E-state index contributed by atoms with van der Waals surface area (Å²) in [5.74, 6) is -0.338. The number of carbonyl (C=O) groups is 2. The van der Waals surface area contributed by atoms with Gasteiger partial charge in [-0.05, 0) is 12.5 Å². The van der Waals surface area contributed by atoms with Gasteiger partial charge in [0.25, 0.3) is 0 Å². The highest BCUT2D eigenvalue weighted by molar-refractivity contribution is 5.82. The largest absolute Gasteiger partial charge is 0.453 e. The highest BCUT2D eigenvalue weighted by Crippen LogP contribution is 2.12. The van der Waals surface area contributed by atoms with Crippen LogP contribution in [0.25, 0.3) is 0 Å². The molecule has 2 amide bonds. The van der Waals surface area contributed by atoms with Crippen LogP contribution in [-0.4, -0.2) is 61.6 Å². The van der Waals surface area contributed by atoms with Gasteiger partial charge in [0.2, 0.25) is 5.91 Å². The summed E-state index contributed by atoms with van der Waals surface area (Å²) in [6.07, 6.45) is 0.202. The van der Waals surface area contributed by atoms with Crippen molar-refractivity contribution in [3.8, 4) is 0 Å². The van der Waals surface area contributed by atoms with E-state index >= 15 is 0 Å². The standard InChI is InChI=1S/C16H22FN3O3/c1-23-16(22)18-11-15(21)20-8-4-7-19(9-10-20)12-13-5-2-3-6-14(13)17/h2-3,5-6H,4,7-12H2,1H3,(H,18,22). The van der Waals surface area contributed by atoms with Crippen LogP contribution in [0.5, 0.6) is 0 Å². The second-order valence-corrected chi connectivity index (χ2v) is 5.45. The van der Waals surface area contributed by atoms with Gasteiger partial charge in [-0.25, -0.2) is 9.18 Å². The molecule has 7 heteroatoms. The predicted molar refractivity (Wildman–Crippen MR) is 83.3 cm³/mol. The highest BCUT2D eigenvalue weighted by Gasteiger charge is 2.20. The van der Waals surface area contributed by atoms with Gasteiger partial charge in [-0.2, -0.15) is 0 Å². The first-order valence-corrected chi connectivity index (χ1v) is 7.65. The molecule has 23 heavy (non-hydrogen) atoms. The lowest BCUT2D eigenvalue weighted by atomic mass is 10.2. The molecule has 2 rings (SSSR count). The van der Waals surface area contributed by atoms with E-state index in [0.717, 1.165) is 13.0 Å². The molecule has 0 aliphatic carbocycles. The number of nitrogens with zero attached hydrogens (tertiary/aromatic N) is 2. The van der Waals surface area contributed by atoms with Gasteiger partial charge in [0, 0.05) is 38.3 Å². The maximum absolute atomic E-state index is 13.7. The summed E-state index contributed by atoms with van der Waals surface area (Å²) >= 11 is 0. The third-order valence-electron chi connectivity index (χ3n) is 3.86. The molecule has 0 aromatic heterocycles. The highest BCUT2D eigenvalue weighted by atomic mass is 19.1. The van der Waals surface area contributed by atoms with Gasteiger partial charge in [0.1, 0.15) is 12.4 Å². The van der Waals surface area contributed by atoms with Crippen molar-refractivity contribution < 1.29 is 18.7 Å². The first-order chi connectivity index (χ1) is 11.1. The molecule has 0 radical (unpaired) electrons. The van der Waals surface area contributed by atoms with Gasteiger partial charge in [0.15, 0.2) is 0 Å². The molecule has 0 saturated carbocycles. The van der Waals surface area contributed by atoms with E-state index < -0.39 is 6.09 Å². The number of halogens is 1. The molecule has 1 heterocycles. The monoisotopic (exact) mass is 323 g/mol. The van der Waals surface area contributed by atoms with Crippen LogP contribution in [-0.2, 0) is 16.1 Å². The Labute approximate surface area is 135 Å². The van der Waals surface area contributed by atoms with Crippen molar-refractivity contribution in [2.75, 3.05) is 39.8 Å². The van der Waals surface area contributed by atoms with Crippen molar-refractivity contribution in [1.29, 1.82) is 0 Å². The Hall–Kier alpha value is -2.15. The zero-order valence-electron chi connectivity index (χ0n) is 13.3. The van der Waals surface area contributed by atoms with Crippen LogP contribution in [0.15, 0.2) is 24.3 Å². The third kappa shape index (κ3) is 5.21. The summed E-state index contributed by atoms with van der Waals surface area (Å²) in [4.78, 5) is 26.9. The Balaban J connectivity index is 1.83. The van der Waals surface area contributed by atoms with Crippen molar-refractivity contribution in [1.82, 2.24) is 15.1 Å². The number of ether oxygens (including phenoxy) is 1. The molecule has 1 aromatic rings. The lowest BCUT2D eigenvalue weighted by Gasteiger charge is -2.22. The number of hydrogen-bond donors (Lipinski definition) is 1. The molecule has 1 fully saturated rings. The SMILES string of the molecule is COC(=O)NCC(=O)N1CCCN(Cc2ccccc2F)CC1. The zero-order valence-corrected chi connectivity index (χ0v) is 13.3. The van der Waals surface area contributed by atoms with E-state index in [1.165, 1.54) is 13.2 Å². The number of methoxy groups -OCH3 is 1. The summed E-state index contributed by atoms with van der Waals surface area (Å²) in [5.41, 5.74) is 0.666. The van der Waals surface area contributed by atoms with E-state index in [2.05, 4.69) is 15.0 Å². The quantitative estimate of drug-likeness (QED) is 0.905. The predicted octanol–water partition coefficient (Wildman–Crippen LogP) is 1.22. The average Bonchev–Trinajstić information content (AvgIpc) is 2.80. The maximum Gasteiger partial charge on any atom is 0.407 e. The molecule has 0 atom stereocenters. The minimum Gasteiger partial charge on any atom is -0.453 e. The fraction of sp³-hybridized carbons (Fsp3) is 0.500. The zero-order chi connectivity index (χ0) is 16.7. The molecular weight excluding hydrogens is 301 g/mol. The minimum absolute atomic E-state index is 0.0695. The Morgan fingerprint density at radius 1 is 1.22 bits per heavy atom. The molecule has 1 aromatic carbocycles. The Morgan fingerprint density at radius 2 is 2.00 bits per heavy atom. The third-order valence-corrected chi connectivity index (χ3v) is 3.86. The van der Waals surface area contributed by atoms with Gasteiger partial charge >= 0.3 is 6.09 Å². The minimum atomic E-state index is -0.616. The number of benzene rings is 1. The average molecular weight is 323 g/mol. The van der Waals surface area contributed by atoms with Crippen molar-refractivity contribution >= 4 is 12.0 Å². The molecule has 126 valence electrons. The number of hydrogen-bond acceptors (Lipinski definition) is 4. The normalized spacial score (nSPS) is 15.8. The van der Waals surface area contributed by atoms with E-state index in [-0.39, 0.29) is 18.3 Å². The van der Waals surface area contributed by atoms with Gasteiger partial charge in [-0.3, -0.25) is 9.69 Å². The lowest BCUT2D eigenvalue weighted by Crippen LogP contribution is -2.41. The van der Waals surface area contributed by atoms with Gasteiger partial charge in [-0.15, -0.1) is 0 Å².